The normalized spacial score (nSPS) is 11.9. The van der Waals surface area contributed by atoms with Crippen LogP contribution in [0.15, 0.2) is 85.3 Å². The Morgan fingerprint density at radius 3 is 2.31 bits per heavy atom. The number of pyridine rings is 4. The van der Waals surface area contributed by atoms with Gasteiger partial charge in [-0.1, -0.05) is 18.2 Å². The molecule has 29 heavy (non-hydrogen) atoms. The van der Waals surface area contributed by atoms with Crippen molar-refractivity contribution in [3.05, 3.63) is 108 Å². The Balaban J connectivity index is 1.67. The van der Waals surface area contributed by atoms with E-state index >= 15 is 0 Å². The Labute approximate surface area is 174 Å². The van der Waals surface area contributed by atoms with E-state index in [4.69, 9.17) is 16.6 Å². The summed E-state index contributed by atoms with van der Waals surface area (Å²) in [5, 5.41) is 3.55. The fourth-order valence-electron chi connectivity index (χ4n) is 3.10. The first-order chi connectivity index (χ1) is 14.3. The first kappa shape index (κ1) is 19.2. The third kappa shape index (κ3) is 4.83. The molecule has 4 rings (SSSR count). The van der Waals surface area contributed by atoms with E-state index in [-0.39, 0.29) is 6.04 Å². The monoisotopic (exact) mass is 401 g/mol. The Kier molecular flexibility index (Phi) is 6.19. The lowest BCUT2D eigenvalue weighted by Crippen LogP contribution is -2.24. The van der Waals surface area contributed by atoms with Crippen LogP contribution in [0.2, 0.25) is 0 Å². The number of halogens is 1. The van der Waals surface area contributed by atoms with E-state index < -0.39 is 0 Å². The predicted octanol–water partition coefficient (Wildman–Crippen LogP) is 4.55. The van der Waals surface area contributed by atoms with E-state index in [0.717, 1.165) is 34.0 Å². The summed E-state index contributed by atoms with van der Waals surface area (Å²) >= 11 is 5.94. The first-order valence-corrected chi connectivity index (χ1v) is 9.89. The zero-order valence-corrected chi connectivity index (χ0v) is 16.5. The summed E-state index contributed by atoms with van der Waals surface area (Å²) in [7, 11) is 0. The molecule has 1 N–H and O–H groups in total. The van der Waals surface area contributed by atoms with Crippen molar-refractivity contribution in [2.24, 2.45) is 0 Å². The third-order valence-electron chi connectivity index (χ3n) is 4.51. The Morgan fingerprint density at radius 2 is 1.55 bits per heavy atom. The van der Waals surface area contributed by atoms with Gasteiger partial charge in [0.15, 0.2) is 0 Å². The van der Waals surface area contributed by atoms with Gasteiger partial charge in [-0.2, -0.15) is 0 Å². The first-order valence-electron chi connectivity index (χ1n) is 9.36. The molecule has 0 aliphatic rings. The number of hydrogen-bond donors (Lipinski definition) is 1. The van der Waals surface area contributed by atoms with Crippen LogP contribution < -0.4 is 5.32 Å². The molecular weight excluding hydrogens is 382 g/mol. The summed E-state index contributed by atoms with van der Waals surface area (Å²) in [5.41, 5.74) is 5.45. The number of aromatic nitrogens is 4. The maximum absolute atomic E-state index is 5.94. The molecule has 4 aromatic heterocycles. The van der Waals surface area contributed by atoms with Gasteiger partial charge in [-0.3, -0.25) is 25.3 Å². The molecule has 0 bridgehead atoms. The molecule has 0 fully saturated rings. The van der Waals surface area contributed by atoms with Crippen molar-refractivity contribution < 1.29 is 0 Å². The van der Waals surface area contributed by atoms with Crippen molar-refractivity contribution in [1.82, 2.24) is 25.3 Å². The zero-order chi connectivity index (χ0) is 19.9. The summed E-state index contributed by atoms with van der Waals surface area (Å²) in [6.07, 6.45) is 5.35. The van der Waals surface area contributed by atoms with Crippen LogP contribution in [0.5, 0.6) is 0 Å². The maximum Gasteiger partial charge on any atom is 0.0928 e. The molecule has 0 radical (unpaired) electrons. The second-order valence-electron chi connectivity index (χ2n) is 6.51. The van der Waals surface area contributed by atoms with Gasteiger partial charge in [0.05, 0.1) is 40.4 Å². The van der Waals surface area contributed by atoms with Crippen molar-refractivity contribution >= 4 is 11.6 Å². The van der Waals surface area contributed by atoms with Crippen molar-refractivity contribution in [3.8, 4) is 11.3 Å². The van der Waals surface area contributed by atoms with E-state index in [0.29, 0.717) is 12.4 Å². The molecule has 6 heteroatoms. The maximum atomic E-state index is 5.94. The average Bonchev–Trinajstić information content (AvgIpc) is 2.81. The highest BCUT2D eigenvalue weighted by atomic mass is 35.5. The van der Waals surface area contributed by atoms with Gasteiger partial charge in [-0.05, 0) is 48.5 Å². The van der Waals surface area contributed by atoms with E-state index in [1.807, 2.05) is 66.7 Å². The van der Waals surface area contributed by atoms with Gasteiger partial charge in [0, 0.05) is 30.7 Å². The molecular formula is C23H20ClN5. The number of alkyl halides is 1. The topological polar surface area (TPSA) is 63.6 Å². The fraction of sp³-hybridized carbons (Fsp3) is 0.130. The van der Waals surface area contributed by atoms with E-state index in [1.165, 1.54) is 0 Å². The summed E-state index contributed by atoms with van der Waals surface area (Å²) in [5.74, 6) is 0.371. The van der Waals surface area contributed by atoms with Crippen molar-refractivity contribution in [2.75, 3.05) is 0 Å². The predicted molar refractivity (Wildman–Crippen MR) is 114 cm³/mol. The van der Waals surface area contributed by atoms with Gasteiger partial charge in [-0.15, -0.1) is 11.6 Å². The third-order valence-corrected chi connectivity index (χ3v) is 4.79. The van der Waals surface area contributed by atoms with Crippen molar-refractivity contribution in [3.63, 3.8) is 0 Å². The summed E-state index contributed by atoms with van der Waals surface area (Å²) in [6.45, 7) is 0.611. The van der Waals surface area contributed by atoms with Crippen LogP contribution in [-0.2, 0) is 12.4 Å². The van der Waals surface area contributed by atoms with Crippen LogP contribution in [0.3, 0.4) is 0 Å². The van der Waals surface area contributed by atoms with Gasteiger partial charge in [0.1, 0.15) is 0 Å². The molecule has 1 unspecified atom stereocenters. The Bertz CT molecular complexity index is 1060. The molecule has 0 aromatic carbocycles. The highest BCUT2D eigenvalue weighted by Crippen LogP contribution is 2.24. The summed E-state index contributed by atoms with van der Waals surface area (Å²) in [6, 6.07) is 21.6. The minimum atomic E-state index is -0.160. The second-order valence-corrected chi connectivity index (χ2v) is 6.77. The molecule has 0 aliphatic heterocycles. The number of hydrogen-bond acceptors (Lipinski definition) is 5. The number of nitrogens with zero attached hydrogens (tertiary/aromatic N) is 4. The standard InChI is InChI=1S/C23H20ClN5/c24-15-19-14-17(10-13-26-19)20-8-5-9-22(29-20)23(21-7-2-4-12-27-21)28-16-18-6-1-3-11-25-18/h1-14,23,28H,15-16H2. The molecule has 0 saturated heterocycles. The van der Waals surface area contributed by atoms with E-state index in [2.05, 4.69) is 20.3 Å². The number of rotatable bonds is 7. The van der Waals surface area contributed by atoms with Gasteiger partial charge in [-0.25, -0.2) is 0 Å². The molecule has 0 amide bonds. The minimum Gasteiger partial charge on any atom is -0.298 e. The van der Waals surface area contributed by atoms with Crippen LogP contribution in [0.4, 0.5) is 0 Å². The molecule has 1 atom stereocenters. The second kappa shape index (κ2) is 9.37. The van der Waals surface area contributed by atoms with Crippen LogP contribution in [0.1, 0.15) is 28.8 Å². The lowest BCUT2D eigenvalue weighted by Gasteiger charge is -2.18. The fourth-order valence-corrected chi connectivity index (χ4v) is 3.25. The van der Waals surface area contributed by atoms with Crippen LogP contribution >= 0.6 is 11.6 Å². The van der Waals surface area contributed by atoms with Gasteiger partial charge >= 0.3 is 0 Å². The van der Waals surface area contributed by atoms with E-state index in [1.54, 1.807) is 18.6 Å². The molecule has 0 spiro atoms. The molecule has 5 nitrogen and oxygen atoms in total. The quantitative estimate of drug-likeness (QED) is 0.460. The minimum absolute atomic E-state index is 0.160. The smallest absolute Gasteiger partial charge is 0.0928 e. The van der Waals surface area contributed by atoms with Gasteiger partial charge < -0.3 is 0 Å². The largest absolute Gasteiger partial charge is 0.298 e. The molecule has 0 aliphatic carbocycles. The molecule has 144 valence electrons. The van der Waals surface area contributed by atoms with Crippen molar-refractivity contribution in [1.29, 1.82) is 0 Å². The zero-order valence-electron chi connectivity index (χ0n) is 15.7. The van der Waals surface area contributed by atoms with Gasteiger partial charge in [0.2, 0.25) is 0 Å². The molecule has 0 saturated carbocycles. The van der Waals surface area contributed by atoms with Crippen molar-refractivity contribution in [2.45, 2.75) is 18.5 Å². The summed E-state index contributed by atoms with van der Waals surface area (Å²) < 4.78 is 0. The van der Waals surface area contributed by atoms with Crippen LogP contribution in [-0.4, -0.2) is 19.9 Å². The lowest BCUT2D eigenvalue weighted by atomic mass is 10.1. The molecule has 4 aromatic rings. The van der Waals surface area contributed by atoms with Crippen LogP contribution in [0.25, 0.3) is 11.3 Å². The number of nitrogens with one attached hydrogen (secondary N) is 1. The Hall–Kier alpha value is -3.15. The SMILES string of the molecule is ClCc1cc(-c2cccc(C(NCc3ccccn3)c3ccccn3)n2)ccn1. The Morgan fingerprint density at radius 1 is 0.759 bits per heavy atom. The average molecular weight is 402 g/mol. The lowest BCUT2D eigenvalue weighted by molar-refractivity contribution is 0.572. The van der Waals surface area contributed by atoms with E-state index in [9.17, 15) is 0 Å². The summed E-state index contributed by atoms with van der Waals surface area (Å²) in [4.78, 5) is 18.1. The van der Waals surface area contributed by atoms with Gasteiger partial charge in [0.25, 0.3) is 0 Å². The van der Waals surface area contributed by atoms with Crippen LogP contribution in [0, 0.1) is 0 Å². The highest BCUT2D eigenvalue weighted by molar-refractivity contribution is 6.16. The molecule has 4 heterocycles. The highest BCUT2D eigenvalue weighted by Gasteiger charge is 2.17.